The smallest absolute Gasteiger partial charge is 0.275 e. The molecule has 1 saturated heterocycles. The molecule has 1 N–H and O–H groups in total. The first-order valence-electron chi connectivity index (χ1n) is 7.03. The van der Waals surface area contributed by atoms with Gasteiger partial charge in [-0.15, -0.1) is 0 Å². The van der Waals surface area contributed by atoms with Crippen LogP contribution in [0.25, 0.3) is 0 Å². The Morgan fingerprint density at radius 2 is 2.00 bits per heavy atom. The summed E-state index contributed by atoms with van der Waals surface area (Å²) in [4.78, 5) is 26.8. The van der Waals surface area contributed by atoms with Crippen LogP contribution in [0, 0.1) is 6.92 Å². The van der Waals surface area contributed by atoms with E-state index < -0.39 is 0 Å². The average molecular weight is 283 g/mol. The molecule has 1 fully saturated rings. The molecule has 2 aromatic rings. The van der Waals surface area contributed by atoms with Crippen LogP contribution in [-0.2, 0) is 0 Å². The van der Waals surface area contributed by atoms with Crippen molar-refractivity contribution in [3.8, 4) is 0 Å². The van der Waals surface area contributed by atoms with Gasteiger partial charge in [-0.05, 0) is 37.5 Å². The Morgan fingerprint density at radius 3 is 2.76 bits per heavy atom. The molecule has 3 rings (SSSR count). The van der Waals surface area contributed by atoms with Crippen LogP contribution < -0.4 is 10.2 Å². The average Bonchev–Trinajstić information content (AvgIpc) is 3.02. The second-order valence-corrected chi connectivity index (χ2v) is 5.13. The number of hydrogen-bond acceptors (Lipinski definition) is 5. The Kier molecular flexibility index (Phi) is 3.77. The summed E-state index contributed by atoms with van der Waals surface area (Å²) in [5, 5.41) is 2.76. The SMILES string of the molecule is Cc1ccnc(NC(=O)c2cc(N3CCCC3)ncn2)c1. The molecule has 0 saturated carbocycles. The molecule has 2 aromatic heterocycles. The van der Waals surface area contributed by atoms with Crippen molar-refractivity contribution in [3.63, 3.8) is 0 Å². The molecular weight excluding hydrogens is 266 g/mol. The predicted molar refractivity (Wildman–Crippen MR) is 80.4 cm³/mol. The van der Waals surface area contributed by atoms with Crippen LogP contribution in [0.2, 0.25) is 0 Å². The van der Waals surface area contributed by atoms with Crippen molar-refractivity contribution in [3.05, 3.63) is 42.0 Å². The zero-order valence-corrected chi connectivity index (χ0v) is 11.9. The van der Waals surface area contributed by atoms with Crippen LogP contribution in [0.1, 0.15) is 28.9 Å². The minimum Gasteiger partial charge on any atom is -0.357 e. The molecule has 1 amide bonds. The van der Waals surface area contributed by atoms with E-state index in [2.05, 4.69) is 25.2 Å². The van der Waals surface area contributed by atoms with Crippen LogP contribution in [0.3, 0.4) is 0 Å². The van der Waals surface area contributed by atoms with Gasteiger partial charge in [0.05, 0.1) is 0 Å². The van der Waals surface area contributed by atoms with E-state index in [0.29, 0.717) is 11.5 Å². The lowest BCUT2D eigenvalue weighted by Crippen LogP contribution is -2.21. The molecule has 1 aliphatic heterocycles. The minimum atomic E-state index is -0.268. The van der Waals surface area contributed by atoms with Crippen molar-refractivity contribution in [1.82, 2.24) is 15.0 Å². The minimum absolute atomic E-state index is 0.268. The number of aromatic nitrogens is 3. The Labute approximate surface area is 123 Å². The molecule has 6 heteroatoms. The largest absolute Gasteiger partial charge is 0.357 e. The summed E-state index contributed by atoms with van der Waals surface area (Å²) in [6.45, 7) is 3.92. The van der Waals surface area contributed by atoms with E-state index in [4.69, 9.17) is 0 Å². The Balaban J connectivity index is 1.76. The quantitative estimate of drug-likeness (QED) is 0.933. The lowest BCUT2D eigenvalue weighted by Gasteiger charge is -2.16. The van der Waals surface area contributed by atoms with Crippen molar-refractivity contribution in [1.29, 1.82) is 0 Å². The Hall–Kier alpha value is -2.50. The normalized spacial score (nSPS) is 14.2. The fraction of sp³-hybridized carbons (Fsp3) is 0.333. The van der Waals surface area contributed by atoms with Crippen molar-refractivity contribution in [2.75, 3.05) is 23.3 Å². The van der Waals surface area contributed by atoms with Crippen LogP contribution in [0.15, 0.2) is 30.7 Å². The highest BCUT2D eigenvalue weighted by Gasteiger charge is 2.16. The van der Waals surface area contributed by atoms with E-state index in [1.54, 1.807) is 12.3 Å². The number of rotatable bonds is 3. The molecule has 0 aromatic carbocycles. The van der Waals surface area contributed by atoms with Crippen molar-refractivity contribution >= 4 is 17.5 Å². The number of aryl methyl sites for hydroxylation is 1. The third-order valence-electron chi connectivity index (χ3n) is 3.47. The molecule has 0 atom stereocenters. The Morgan fingerprint density at radius 1 is 1.19 bits per heavy atom. The fourth-order valence-electron chi connectivity index (χ4n) is 2.38. The molecule has 0 radical (unpaired) electrons. The van der Waals surface area contributed by atoms with Gasteiger partial charge in [0.15, 0.2) is 0 Å². The maximum absolute atomic E-state index is 12.2. The number of amides is 1. The molecule has 6 nitrogen and oxygen atoms in total. The van der Waals surface area contributed by atoms with Gasteiger partial charge in [-0.3, -0.25) is 4.79 Å². The van der Waals surface area contributed by atoms with Gasteiger partial charge in [0, 0.05) is 25.4 Å². The molecule has 21 heavy (non-hydrogen) atoms. The number of nitrogens with one attached hydrogen (secondary N) is 1. The van der Waals surface area contributed by atoms with E-state index >= 15 is 0 Å². The molecule has 108 valence electrons. The summed E-state index contributed by atoms with van der Waals surface area (Å²) in [6.07, 6.45) is 5.43. The summed E-state index contributed by atoms with van der Waals surface area (Å²) >= 11 is 0. The summed E-state index contributed by atoms with van der Waals surface area (Å²) in [5.41, 5.74) is 1.40. The maximum atomic E-state index is 12.2. The molecular formula is C15H17N5O. The first-order chi connectivity index (χ1) is 10.2. The van der Waals surface area contributed by atoms with E-state index in [1.165, 1.54) is 19.2 Å². The lowest BCUT2D eigenvalue weighted by molar-refractivity contribution is 0.102. The van der Waals surface area contributed by atoms with E-state index in [0.717, 1.165) is 24.5 Å². The van der Waals surface area contributed by atoms with E-state index in [1.807, 2.05) is 19.1 Å². The standard InChI is InChI=1S/C15H17N5O/c1-11-4-5-16-13(8-11)19-15(21)12-9-14(18-10-17-12)20-6-2-3-7-20/h4-5,8-10H,2-3,6-7H2,1H3,(H,16,19,21). The first kappa shape index (κ1) is 13.5. The molecule has 0 bridgehead atoms. The second-order valence-electron chi connectivity index (χ2n) is 5.13. The van der Waals surface area contributed by atoms with E-state index in [9.17, 15) is 4.79 Å². The number of carbonyl (C=O) groups is 1. The molecule has 0 spiro atoms. The van der Waals surface area contributed by atoms with Crippen LogP contribution in [0.4, 0.5) is 11.6 Å². The highest BCUT2D eigenvalue weighted by atomic mass is 16.1. The molecule has 3 heterocycles. The van der Waals surface area contributed by atoms with Gasteiger partial charge in [-0.1, -0.05) is 0 Å². The third-order valence-corrected chi connectivity index (χ3v) is 3.47. The van der Waals surface area contributed by atoms with Gasteiger partial charge in [0.1, 0.15) is 23.7 Å². The van der Waals surface area contributed by atoms with Crippen molar-refractivity contribution < 1.29 is 4.79 Å². The zero-order chi connectivity index (χ0) is 14.7. The van der Waals surface area contributed by atoms with Crippen LogP contribution >= 0.6 is 0 Å². The van der Waals surface area contributed by atoms with Crippen molar-refractivity contribution in [2.45, 2.75) is 19.8 Å². The predicted octanol–water partition coefficient (Wildman–Crippen LogP) is 2.03. The van der Waals surface area contributed by atoms with Gasteiger partial charge in [0.2, 0.25) is 0 Å². The monoisotopic (exact) mass is 283 g/mol. The number of nitrogens with zero attached hydrogens (tertiary/aromatic N) is 4. The van der Waals surface area contributed by atoms with E-state index in [-0.39, 0.29) is 5.91 Å². The van der Waals surface area contributed by atoms with Crippen LogP contribution in [0.5, 0.6) is 0 Å². The Bertz CT molecular complexity index is 652. The number of pyridine rings is 1. The second kappa shape index (κ2) is 5.87. The molecule has 0 unspecified atom stereocenters. The molecule has 0 aliphatic carbocycles. The van der Waals surface area contributed by atoms with Gasteiger partial charge >= 0.3 is 0 Å². The third kappa shape index (κ3) is 3.16. The van der Waals surface area contributed by atoms with Gasteiger partial charge in [-0.25, -0.2) is 15.0 Å². The van der Waals surface area contributed by atoms with Gasteiger partial charge in [-0.2, -0.15) is 0 Å². The fourth-order valence-corrected chi connectivity index (χ4v) is 2.38. The zero-order valence-electron chi connectivity index (χ0n) is 11.9. The first-order valence-corrected chi connectivity index (χ1v) is 7.03. The van der Waals surface area contributed by atoms with Crippen molar-refractivity contribution in [2.24, 2.45) is 0 Å². The topological polar surface area (TPSA) is 71.0 Å². The highest BCUT2D eigenvalue weighted by Crippen LogP contribution is 2.18. The number of carbonyl (C=O) groups excluding carboxylic acids is 1. The number of anilines is 2. The molecule has 1 aliphatic rings. The summed E-state index contributed by atoms with van der Waals surface area (Å²) < 4.78 is 0. The summed E-state index contributed by atoms with van der Waals surface area (Å²) in [7, 11) is 0. The van der Waals surface area contributed by atoms with Gasteiger partial charge < -0.3 is 10.2 Å². The van der Waals surface area contributed by atoms with Gasteiger partial charge in [0.25, 0.3) is 5.91 Å². The maximum Gasteiger partial charge on any atom is 0.275 e. The summed E-state index contributed by atoms with van der Waals surface area (Å²) in [6, 6.07) is 5.43. The van der Waals surface area contributed by atoms with Crippen LogP contribution in [-0.4, -0.2) is 33.9 Å². The highest BCUT2D eigenvalue weighted by molar-refractivity contribution is 6.02. The lowest BCUT2D eigenvalue weighted by atomic mass is 10.3. The number of hydrogen-bond donors (Lipinski definition) is 1. The summed E-state index contributed by atoms with van der Waals surface area (Å²) in [5.74, 6) is 1.07.